The van der Waals surface area contributed by atoms with Crippen LogP contribution in [0.5, 0.6) is 0 Å². The van der Waals surface area contributed by atoms with Crippen LogP contribution in [-0.4, -0.2) is 38.3 Å². The molecule has 2 rings (SSSR count). The second kappa shape index (κ2) is 7.07. The average molecular weight is 378 g/mol. The van der Waals surface area contributed by atoms with E-state index < -0.39 is 0 Å². The van der Waals surface area contributed by atoms with E-state index in [-0.39, 0.29) is 0 Å². The molecule has 4 atom stereocenters. The van der Waals surface area contributed by atoms with Gasteiger partial charge in [-0.3, -0.25) is 4.68 Å². The number of thioether (sulfide) groups is 2. The second-order valence-electron chi connectivity index (χ2n) is 5.60. The summed E-state index contributed by atoms with van der Waals surface area (Å²) >= 11 is 7.88. The number of rotatable bonds is 4. The Morgan fingerprint density at radius 1 is 1.40 bits per heavy atom. The lowest BCUT2D eigenvalue weighted by Gasteiger charge is -2.36. The van der Waals surface area contributed by atoms with E-state index in [9.17, 15) is 0 Å². The highest BCUT2D eigenvalue weighted by molar-refractivity contribution is 9.10. The molecule has 0 bridgehead atoms. The lowest BCUT2D eigenvalue weighted by Crippen LogP contribution is -2.37. The third-order valence-corrected chi connectivity index (χ3v) is 7.93. The van der Waals surface area contributed by atoms with E-state index in [0.717, 1.165) is 9.72 Å². The maximum atomic E-state index is 4.53. The maximum Gasteiger partial charge on any atom is 0.0710 e. The van der Waals surface area contributed by atoms with Gasteiger partial charge in [-0.25, -0.2) is 0 Å². The van der Waals surface area contributed by atoms with Crippen LogP contribution in [0, 0.1) is 0 Å². The topological polar surface area (TPSA) is 29.9 Å². The number of nitrogens with one attached hydrogen (secondary N) is 1. The van der Waals surface area contributed by atoms with Crippen molar-refractivity contribution in [1.29, 1.82) is 0 Å². The van der Waals surface area contributed by atoms with Crippen LogP contribution in [0.15, 0.2) is 10.7 Å². The molecule has 0 spiro atoms. The molecule has 2 heterocycles. The molecular formula is C14H24BrN3S2. The Hall–Kier alpha value is 0.350. The summed E-state index contributed by atoms with van der Waals surface area (Å²) in [4.78, 5) is 0. The monoisotopic (exact) mass is 377 g/mol. The van der Waals surface area contributed by atoms with Gasteiger partial charge in [0.2, 0.25) is 0 Å². The van der Waals surface area contributed by atoms with Gasteiger partial charge in [0.25, 0.3) is 0 Å². The van der Waals surface area contributed by atoms with Crippen molar-refractivity contribution in [3.8, 4) is 0 Å². The first-order valence-corrected chi connectivity index (χ1v) is 9.91. The normalized spacial score (nSPS) is 28.9. The van der Waals surface area contributed by atoms with Crippen LogP contribution in [0.25, 0.3) is 0 Å². The van der Waals surface area contributed by atoms with Gasteiger partial charge in [-0.1, -0.05) is 13.8 Å². The molecule has 1 aromatic heterocycles. The Morgan fingerprint density at radius 3 is 2.65 bits per heavy atom. The van der Waals surface area contributed by atoms with Crippen molar-refractivity contribution in [1.82, 2.24) is 15.1 Å². The predicted molar refractivity (Wildman–Crippen MR) is 94.9 cm³/mol. The molecule has 1 aromatic rings. The van der Waals surface area contributed by atoms with Crippen molar-refractivity contribution in [3.05, 3.63) is 16.4 Å². The molecule has 1 aliphatic rings. The van der Waals surface area contributed by atoms with Crippen LogP contribution in [-0.2, 0) is 0 Å². The molecule has 1 fully saturated rings. The molecule has 0 amide bonds. The van der Waals surface area contributed by atoms with E-state index in [1.165, 1.54) is 11.4 Å². The number of hydrogen-bond acceptors (Lipinski definition) is 4. The molecule has 0 aliphatic carbocycles. The Balaban J connectivity index is 2.26. The van der Waals surface area contributed by atoms with Crippen LogP contribution in [0.3, 0.4) is 0 Å². The molecule has 0 radical (unpaired) electrons. The Labute approximate surface area is 139 Å². The van der Waals surface area contributed by atoms with Crippen molar-refractivity contribution in [3.63, 3.8) is 0 Å². The number of halogens is 1. The molecule has 4 unspecified atom stereocenters. The number of aromatic nitrogens is 2. The number of nitrogens with zero attached hydrogens (tertiary/aromatic N) is 2. The van der Waals surface area contributed by atoms with E-state index in [1.54, 1.807) is 0 Å². The molecule has 20 heavy (non-hydrogen) atoms. The van der Waals surface area contributed by atoms with Crippen LogP contribution in [0.1, 0.15) is 45.5 Å². The lowest BCUT2D eigenvalue weighted by molar-refractivity contribution is 0.458. The summed E-state index contributed by atoms with van der Waals surface area (Å²) < 4.78 is 3.25. The van der Waals surface area contributed by atoms with Gasteiger partial charge in [-0.05, 0) is 36.8 Å². The highest BCUT2D eigenvalue weighted by atomic mass is 79.9. The van der Waals surface area contributed by atoms with Gasteiger partial charge in [-0.15, -0.1) is 0 Å². The lowest BCUT2D eigenvalue weighted by atomic mass is 10.1. The summed E-state index contributed by atoms with van der Waals surface area (Å²) in [5.74, 6) is 1.19. The van der Waals surface area contributed by atoms with E-state index in [4.69, 9.17) is 0 Å². The first kappa shape index (κ1) is 16.7. The highest BCUT2D eigenvalue weighted by Gasteiger charge is 2.34. The highest BCUT2D eigenvalue weighted by Crippen LogP contribution is 2.42. The molecule has 3 nitrogen and oxygen atoms in total. The largest absolute Gasteiger partial charge is 0.311 e. The maximum absolute atomic E-state index is 4.53. The van der Waals surface area contributed by atoms with Gasteiger partial charge < -0.3 is 5.32 Å². The Bertz CT molecular complexity index is 450. The third-order valence-electron chi connectivity index (χ3n) is 3.83. The van der Waals surface area contributed by atoms with Gasteiger partial charge in [0.15, 0.2) is 0 Å². The van der Waals surface area contributed by atoms with Crippen LogP contribution in [0.2, 0.25) is 0 Å². The molecule has 6 heteroatoms. The molecule has 1 saturated heterocycles. The molecule has 114 valence electrons. The minimum absolute atomic E-state index is 0.335. The quantitative estimate of drug-likeness (QED) is 0.854. The molecule has 1 N–H and O–H groups in total. The summed E-state index contributed by atoms with van der Waals surface area (Å²) in [6.45, 7) is 9.05. The van der Waals surface area contributed by atoms with E-state index in [0.29, 0.717) is 22.6 Å². The van der Waals surface area contributed by atoms with Crippen molar-refractivity contribution < 1.29 is 0 Å². The average Bonchev–Trinajstić information content (AvgIpc) is 2.77. The van der Waals surface area contributed by atoms with Crippen molar-refractivity contribution >= 4 is 39.5 Å². The van der Waals surface area contributed by atoms with Gasteiger partial charge in [0, 0.05) is 27.5 Å². The fraction of sp³-hybridized carbons (Fsp3) is 0.786. The minimum atomic E-state index is 0.335. The third kappa shape index (κ3) is 3.39. The zero-order valence-electron chi connectivity index (χ0n) is 12.8. The molecule has 0 aromatic carbocycles. The minimum Gasteiger partial charge on any atom is -0.311 e. The zero-order chi connectivity index (χ0) is 14.9. The Kier molecular flexibility index (Phi) is 5.91. The summed E-state index contributed by atoms with van der Waals surface area (Å²) in [6, 6.07) is 0.714. The molecular weight excluding hydrogens is 354 g/mol. The summed E-state index contributed by atoms with van der Waals surface area (Å²) in [7, 11) is 2.06. The smallest absolute Gasteiger partial charge is 0.0710 e. The first-order valence-electron chi connectivity index (χ1n) is 7.13. The SMILES string of the molecule is CNC(c1c(Br)cnn1C(C)C)C1CSC(C)C(C)S1. The fourth-order valence-corrected chi connectivity index (χ4v) is 6.18. The van der Waals surface area contributed by atoms with Gasteiger partial charge >= 0.3 is 0 Å². The second-order valence-corrected chi connectivity index (χ2v) is 9.49. The molecule has 0 saturated carbocycles. The summed E-state index contributed by atoms with van der Waals surface area (Å²) in [5.41, 5.74) is 1.28. The standard InChI is InChI=1S/C14H24BrN3S2/c1-8(2)18-14(11(15)6-17-18)13(16-5)12-7-19-9(3)10(4)20-12/h6,8-10,12-13,16H,7H2,1-5H3. The summed E-state index contributed by atoms with van der Waals surface area (Å²) in [5, 5.41) is 10.1. The van der Waals surface area contributed by atoms with E-state index >= 15 is 0 Å². The van der Waals surface area contributed by atoms with Gasteiger partial charge in [0.1, 0.15) is 0 Å². The van der Waals surface area contributed by atoms with E-state index in [1.807, 2.05) is 6.20 Å². The predicted octanol–water partition coefficient (Wildman–Crippen LogP) is 4.11. The van der Waals surface area contributed by atoms with Crippen LogP contribution < -0.4 is 5.32 Å². The summed E-state index contributed by atoms with van der Waals surface area (Å²) in [6.07, 6.45) is 1.92. The van der Waals surface area contributed by atoms with Crippen molar-refractivity contribution in [2.24, 2.45) is 0 Å². The van der Waals surface area contributed by atoms with E-state index in [2.05, 4.69) is 89.3 Å². The first-order chi connectivity index (χ1) is 9.45. The van der Waals surface area contributed by atoms with Crippen LogP contribution in [0.4, 0.5) is 0 Å². The van der Waals surface area contributed by atoms with Gasteiger partial charge in [0.05, 0.1) is 22.4 Å². The number of hydrogen-bond donors (Lipinski definition) is 1. The van der Waals surface area contributed by atoms with Crippen molar-refractivity contribution in [2.75, 3.05) is 12.8 Å². The van der Waals surface area contributed by atoms with Crippen molar-refractivity contribution in [2.45, 2.75) is 55.5 Å². The zero-order valence-corrected chi connectivity index (χ0v) is 16.0. The Morgan fingerprint density at radius 2 is 2.10 bits per heavy atom. The molecule has 1 aliphatic heterocycles. The fourth-order valence-electron chi connectivity index (χ4n) is 2.53. The van der Waals surface area contributed by atoms with Gasteiger partial charge in [-0.2, -0.15) is 28.6 Å². The van der Waals surface area contributed by atoms with Crippen LogP contribution >= 0.6 is 39.5 Å².